The molecule has 1 N–H and O–H groups in total. The van der Waals surface area contributed by atoms with Gasteiger partial charge in [-0.3, -0.25) is 9.59 Å². The highest BCUT2D eigenvalue weighted by Crippen LogP contribution is 2.33. The normalized spacial score (nSPS) is 11.3. The Morgan fingerprint density at radius 2 is 2.04 bits per heavy atom. The van der Waals surface area contributed by atoms with E-state index in [0.29, 0.717) is 0 Å². The van der Waals surface area contributed by atoms with Gasteiger partial charge in [0.2, 0.25) is 0 Å². The van der Waals surface area contributed by atoms with E-state index in [0.717, 1.165) is 28.4 Å². The number of hydrogen-bond donors (Lipinski definition) is 1. The number of aromatic nitrogens is 1. The summed E-state index contributed by atoms with van der Waals surface area (Å²) in [4.78, 5) is 28.1. The van der Waals surface area contributed by atoms with E-state index in [2.05, 4.69) is 4.98 Å². The van der Waals surface area contributed by atoms with Crippen molar-refractivity contribution in [3.8, 4) is 10.6 Å². The monoisotopic (exact) mass is 358 g/mol. The van der Waals surface area contributed by atoms with Crippen LogP contribution in [-0.4, -0.2) is 40.0 Å². The molecular weight excluding hydrogens is 345 g/mol. The first-order valence-corrected chi connectivity index (χ1v) is 7.74. The van der Waals surface area contributed by atoms with Gasteiger partial charge in [-0.15, -0.1) is 11.3 Å². The zero-order chi connectivity index (χ0) is 17.9. The molecule has 5 nitrogen and oxygen atoms in total. The van der Waals surface area contributed by atoms with Gasteiger partial charge in [0.05, 0.1) is 5.56 Å². The Balaban J connectivity index is 2.28. The fourth-order valence-electron chi connectivity index (χ4n) is 1.99. The number of thiazole rings is 1. The third-order valence-electron chi connectivity index (χ3n) is 3.16. The second-order valence-electron chi connectivity index (χ2n) is 4.83. The van der Waals surface area contributed by atoms with Crippen LogP contribution in [0, 0.1) is 0 Å². The van der Waals surface area contributed by atoms with E-state index in [9.17, 15) is 22.8 Å². The maximum Gasteiger partial charge on any atom is 0.416 e. The summed E-state index contributed by atoms with van der Waals surface area (Å²) in [6.45, 7) is 1.34. The molecule has 128 valence electrons. The number of benzene rings is 1. The molecule has 1 heterocycles. The minimum Gasteiger partial charge on any atom is -0.480 e. The van der Waals surface area contributed by atoms with Gasteiger partial charge < -0.3 is 10.0 Å². The van der Waals surface area contributed by atoms with Crippen LogP contribution in [0.2, 0.25) is 0 Å². The zero-order valence-electron chi connectivity index (χ0n) is 12.5. The molecule has 0 fully saturated rings. The van der Waals surface area contributed by atoms with E-state index in [4.69, 9.17) is 5.11 Å². The molecule has 1 aromatic carbocycles. The fourth-order valence-corrected chi connectivity index (χ4v) is 2.78. The average Bonchev–Trinajstić information content (AvgIpc) is 3.01. The third-order valence-corrected chi connectivity index (χ3v) is 4.05. The molecule has 9 heteroatoms. The Morgan fingerprint density at radius 1 is 1.33 bits per heavy atom. The van der Waals surface area contributed by atoms with Crippen LogP contribution in [0.1, 0.15) is 23.0 Å². The van der Waals surface area contributed by atoms with Crippen molar-refractivity contribution in [3.63, 3.8) is 0 Å². The van der Waals surface area contributed by atoms with Crippen LogP contribution in [0.3, 0.4) is 0 Å². The number of halogens is 3. The molecule has 0 bridgehead atoms. The Labute approximate surface area is 139 Å². The number of nitrogens with zero attached hydrogens (tertiary/aromatic N) is 2. The van der Waals surface area contributed by atoms with Crippen molar-refractivity contribution in [3.05, 3.63) is 40.9 Å². The van der Waals surface area contributed by atoms with Crippen molar-refractivity contribution in [2.24, 2.45) is 0 Å². The topological polar surface area (TPSA) is 70.5 Å². The molecule has 0 aliphatic heterocycles. The number of hydrogen-bond acceptors (Lipinski definition) is 4. The number of carbonyl (C=O) groups excluding carboxylic acids is 1. The van der Waals surface area contributed by atoms with E-state index in [1.807, 2.05) is 0 Å². The largest absolute Gasteiger partial charge is 0.480 e. The van der Waals surface area contributed by atoms with Gasteiger partial charge >= 0.3 is 12.1 Å². The predicted octanol–water partition coefficient (Wildman–Crippen LogP) is 3.38. The maximum atomic E-state index is 12.8. The highest BCUT2D eigenvalue weighted by Gasteiger charge is 2.30. The number of carboxylic acids is 1. The predicted molar refractivity (Wildman–Crippen MR) is 81.8 cm³/mol. The van der Waals surface area contributed by atoms with Crippen molar-refractivity contribution >= 4 is 23.2 Å². The quantitative estimate of drug-likeness (QED) is 0.890. The number of amides is 1. The lowest BCUT2D eigenvalue weighted by Crippen LogP contribution is -2.35. The Bertz CT molecular complexity index is 758. The smallest absolute Gasteiger partial charge is 0.416 e. The Morgan fingerprint density at radius 3 is 2.62 bits per heavy atom. The molecule has 0 saturated carbocycles. The molecule has 0 radical (unpaired) electrons. The summed E-state index contributed by atoms with van der Waals surface area (Å²) in [6, 6.07) is 4.65. The molecule has 2 aromatic rings. The summed E-state index contributed by atoms with van der Waals surface area (Å²) in [5.41, 5.74) is -0.546. The zero-order valence-corrected chi connectivity index (χ0v) is 13.3. The minimum absolute atomic E-state index is 0.00973. The van der Waals surface area contributed by atoms with Crippen LogP contribution >= 0.6 is 11.3 Å². The van der Waals surface area contributed by atoms with Crippen molar-refractivity contribution in [1.29, 1.82) is 0 Å². The first-order chi connectivity index (χ1) is 11.2. The average molecular weight is 358 g/mol. The van der Waals surface area contributed by atoms with Crippen LogP contribution in [0.4, 0.5) is 13.2 Å². The van der Waals surface area contributed by atoms with Gasteiger partial charge in [0, 0.05) is 17.5 Å². The van der Waals surface area contributed by atoms with Crippen molar-refractivity contribution in [1.82, 2.24) is 9.88 Å². The van der Waals surface area contributed by atoms with Gasteiger partial charge in [0.1, 0.15) is 17.2 Å². The number of rotatable bonds is 5. The molecule has 0 unspecified atom stereocenters. The molecule has 0 aliphatic rings. The molecule has 1 aromatic heterocycles. The van der Waals surface area contributed by atoms with Gasteiger partial charge in [0.15, 0.2) is 0 Å². The summed E-state index contributed by atoms with van der Waals surface area (Å²) in [5.74, 6) is -1.73. The standard InChI is InChI=1S/C15H13F3N2O3S/c1-2-20(7-12(21)22)14(23)11-8-24-13(19-11)9-4-3-5-10(6-9)15(16,17)18/h3-6,8H,2,7H2,1H3,(H,21,22). The summed E-state index contributed by atoms with van der Waals surface area (Å²) in [7, 11) is 0. The number of aliphatic carboxylic acids is 1. The van der Waals surface area contributed by atoms with Crippen LogP contribution < -0.4 is 0 Å². The van der Waals surface area contributed by atoms with E-state index < -0.39 is 30.2 Å². The van der Waals surface area contributed by atoms with Crippen LogP contribution in [0.15, 0.2) is 29.6 Å². The van der Waals surface area contributed by atoms with E-state index in [1.165, 1.54) is 17.5 Å². The van der Waals surface area contributed by atoms with Gasteiger partial charge in [-0.1, -0.05) is 12.1 Å². The maximum absolute atomic E-state index is 12.8. The van der Waals surface area contributed by atoms with Crippen molar-refractivity contribution < 1.29 is 27.9 Å². The van der Waals surface area contributed by atoms with Crippen LogP contribution in [0.25, 0.3) is 10.6 Å². The SMILES string of the molecule is CCN(CC(=O)O)C(=O)c1csc(-c2cccc(C(F)(F)F)c2)n1. The van der Waals surface area contributed by atoms with Crippen molar-refractivity contribution in [2.45, 2.75) is 13.1 Å². The highest BCUT2D eigenvalue weighted by atomic mass is 32.1. The first-order valence-electron chi connectivity index (χ1n) is 6.86. The minimum atomic E-state index is -4.47. The Kier molecular flexibility index (Phi) is 5.23. The molecule has 1 amide bonds. The summed E-state index contributed by atoms with van der Waals surface area (Å²) >= 11 is 1.02. The third kappa shape index (κ3) is 4.10. The van der Waals surface area contributed by atoms with Gasteiger partial charge in [-0.2, -0.15) is 13.2 Å². The van der Waals surface area contributed by atoms with Crippen LogP contribution in [-0.2, 0) is 11.0 Å². The molecule has 0 saturated heterocycles. The lowest BCUT2D eigenvalue weighted by atomic mass is 10.1. The lowest BCUT2D eigenvalue weighted by molar-refractivity contribution is -0.138. The molecule has 0 aliphatic carbocycles. The lowest BCUT2D eigenvalue weighted by Gasteiger charge is -2.16. The molecule has 24 heavy (non-hydrogen) atoms. The van der Waals surface area contributed by atoms with Crippen molar-refractivity contribution in [2.75, 3.05) is 13.1 Å². The molecular formula is C15H13F3N2O3S. The second-order valence-corrected chi connectivity index (χ2v) is 5.69. The van der Waals surface area contributed by atoms with Gasteiger partial charge in [-0.25, -0.2) is 4.98 Å². The summed E-state index contributed by atoms with van der Waals surface area (Å²) in [6.07, 6.45) is -4.47. The number of carbonyl (C=O) groups is 2. The number of carboxylic acid groups (broad SMARTS) is 1. The fraction of sp³-hybridized carbons (Fsp3) is 0.267. The first kappa shape index (κ1) is 17.9. The molecule has 2 rings (SSSR count). The number of likely N-dealkylation sites (N-methyl/N-ethyl adjacent to an activating group) is 1. The Hall–Kier alpha value is -2.42. The summed E-state index contributed by atoms with van der Waals surface area (Å²) in [5, 5.41) is 10.4. The van der Waals surface area contributed by atoms with Gasteiger partial charge in [0.25, 0.3) is 5.91 Å². The molecule has 0 spiro atoms. The summed E-state index contributed by atoms with van der Waals surface area (Å²) < 4.78 is 38.3. The molecule has 0 atom stereocenters. The van der Waals surface area contributed by atoms with E-state index >= 15 is 0 Å². The van der Waals surface area contributed by atoms with Crippen LogP contribution in [0.5, 0.6) is 0 Å². The highest BCUT2D eigenvalue weighted by molar-refractivity contribution is 7.13. The second kappa shape index (κ2) is 7.00. The van der Waals surface area contributed by atoms with E-state index in [1.54, 1.807) is 6.92 Å². The van der Waals surface area contributed by atoms with E-state index in [-0.39, 0.29) is 22.8 Å². The van der Waals surface area contributed by atoms with Gasteiger partial charge in [-0.05, 0) is 19.1 Å². The number of alkyl halides is 3.